The Hall–Kier alpha value is -2.93. The van der Waals surface area contributed by atoms with Crippen molar-refractivity contribution < 1.29 is 4.79 Å². The number of nitrogens with zero attached hydrogens (tertiary/aromatic N) is 4. The summed E-state index contributed by atoms with van der Waals surface area (Å²) in [7, 11) is 3.97. The predicted molar refractivity (Wildman–Crippen MR) is 111 cm³/mol. The van der Waals surface area contributed by atoms with Gasteiger partial charge >= 0.3 is 0 Å². The van der Waals surface area contributed by atoms with Gasteiger partial charge in [-0.15, -0.1) is 0 Å². The van der Waals surface area contributed by atoms with Crippen molar-refractivity contribution in [1.29, 1.82) is 0 Å². The molecule has 0 aliphatic carbocycles. The molecule has 3 rings (SSSR count). The summed E-state index contributed by atoms with van der Waals surface area (Å²) in [5.74, 6) is -0.342. The lowest BCUT2D eigenvalue weighted by molar-refractivity contribution is 0.0949. The summed E-state index contributed by atoms with van der Waals surface area (Å²) in [6, 6.07) is 17.5. The van der Waals surface area contributed by atoms with Crippen LogP contribution in [0.4, 0.5) is 5.69 Å². The average molecular weight is 426 g/mol. The number of halogens is 1. The minimum atomic E-state index is -0.342. The van der Waals surface area contributed by atoms with Gasteiger partial charge in [0.1, 0.15) is 0 Å². The first-order chi connectivity index (χ1) is 13.0. The Morgan fingerprint density at radius 2 is 1.85 bits per heavy atom. The summed E-state index contributed by atoms with van der Waals surface area (Å²) in [6.07, 6.45) is 3.39. The minimum Gasteiger partial charge on any atom is -0.378 e. The van der Waals surface area contributed by atoms with Crippen molar-refractivity contribution in [2.75, 3.05) is 19.0 Å². The van der Waals surface area contributed by atoms with Gasteiger partial charge in [0, 0.05) is 30.5 Å². The second-order valence-corrected chi connectivity index (χ2v) is 7.13. The zero-order chi connectivity index (χ0) is 19.2. The summed E-state index contributed by atoms with van der Waals surface area (Å²) < 4.78 is 2.75. The number of carbonyl (C=O) groups excluding carboxylic acids is 1. The Bertz CT molecular complexity index is 930. The van der Waals surface area contributed by atoms with E-state index in [4.69, 9.17) is 0 Å². The molecule has 0 fully saturated rings. The number of amides is 1. The first-order valence-corrected chi connectivity index (χ1v) is 9.19. The van der Waals surface area contributed by atoms with Gasteiger partial charge in [0.2, 0.25) is 0 Å². The van der Waals surface area contributed by atoms with Crippen LogP contribution >= 0.6 is 15.9 Å². The van der Waals surface area contributed by atoms with E-state index < -0.39 is 0 Å². The summed E-state index contributed by atoms with van der Waals surface area (Å²) in [5.41, 5.74) is 5.95. The number of hydrazone groups is 1. The molecule has 0 saturated heterocycles. The normalized spacial score (nSPS) is 10.9. The van der Waals surface area contributed by atoms with Crippen LogP contribution in [0.2, 0.25) is 0 Å². The van der Waals surface area contributed by atoms with Crippen LogP contribution in [-0.4, -0.2) is 36.0 Å². The quantitative estimate of drug-likeness (QED) is 0.485. The maximum absolute atomic E-state index is 12.2. The van der Waals surface area contributed by atoms with Gasteiger partial charge in [0.15, 0.2) is 5.69 Å². The van der Waals surface area contributed by atoms with E-state index in [-0.39, 0.29) is 5.91 Å². The smallest absolute Gasteiger partial charge is 0.291 e. The molecule has 0 aliphatic heterocycles. The zero-order valence-electron chi connectivity index (χ0n) is 15.1. The lowest BCUT2D eigenvalue weighted by Gasteiger charge is -2.11. The van der Waals surface area contributed by atoms with Crippen molar-refractivity contribution >= 4 is 33.7 Å². The highest BCUT2D eigenvalue weighted by molar-refractivity contribution is 9.10. The maximum Gasteiger partial charge on any atom is 0.291 e. The van der Waals surface area contributed by atoms with Crippen LogP contribution in [0.15, 0.2) is 70.4 Å². The highest BCUT2D eigenvalue weighted by Crippen LogP contribution is 2.12. The van der Waals surface area contributed by atoms with Gasteiger partial charge in [-0.25, -0.2) is 5.43 Å². The third kappa shape index (κ3) is 5.27. The van der Waals surface area contributed by atoms with Gasteiger partial charge in [-0.1, -0.05) is 40.2 Å². The van der Waals surface area contributed by atoms with Crippen molar-refractivity contribution in [2.45, 2.75) is 6.54 Å². The molecule has 3 aromatic rings. The molecule has 6 nitrogen and oxygen atoms in total. The van der Waals surface area contributed by atoms with Crippen molar-refractivity contribution in [1.82, 2.24) is 15.2 Å². The molecule has 0 atom stereocenters. The van der Waals surface area contributed by atoms with E-state index in [0.29, 0.717) is 12.2 Å². The number of hydrogen-bond donors (Lipinski definition) is 1. The van der Waals surface area contributed by atoms with Crippen LogP contribution in [0, 0.1) is 0 Å². The number of hydrogen-bond acceptors (Lipinski definition) is 4. The third-order valence-corrected chi connectivity index (χ3v) is 4.45. The fraction of sp³-hybridized carbons (Fsp3) is 0.150. The molecule has 2 aromatic carbocycles. The molecule has 1 aromatic heterocycles. The Morgan fingerprint density at radius 1 is 1.15 bits per heavy atom. The second kappa shape index (κ2) is 8.64. The molecule has 0 aliphatic rings. The van der Waals surface area contributed by atoms with E-state index in [1.165, 1.54) is 0 Å². The number of nitrogens with one attached hydrogen (secondary N) is 1. The standard InChI is InChI=1S/C20H20BrN5O/c1-25(2)18-9-5-15(6-10-18)13-22-23-20(27)19-11-12-26(24-19)14-16-3-7-17(21)8-4-16/h3-13H,14H2,1-2H3,(H,23,27)/b22-13-. The van der Waals surface area contributed by atoms with Crippen molar-refractivity contribution in [2.24, 2.45) is 5.10 Å². The van der Waals surface area contributed by atoms with Gasteiger partial charge in [-0.2, -0.15) is 10.2 Å². The summed E-state index contributed by atoms with van der Waals surface area (Å²) in [4.78, 5) is 14.2. The van der Waals surface area contributed by atoms with Gasteiger partial charge in [-0.3, -0.25) is 9.48 Å². The van der Waals surface area contributed by atoms with Gasteiger partial charge < -0.3 is 4.90 Å². The number of anilines is 1. The van der Waals surface area contributed by atoms with Crippen LogP contribution in [0.25, 0.3) is 0 Å². The van der Waals surface area contributed by atoms with E-state index in [0.717, 1.165) is 21.3 Å². The Labute approximate surface area is 166 Å². The minimum absolute atomic E-state index is 0.326. The SMILES string of the molecule is CN(C)c1ccc(/C=N\NC(=O)c2ccn(Cc3ccc(Br)cc3)n2)cc1. The van der Waals surface area contributed by atoms with E-state index in [2.05, 4.69) is 31.6 Å². The fourth-order valence-electron chi connectivity index (χ4n) is 2.43. The van der Waals surface area contributed by atoms with E-state index >= 15 is 0 Å². The monoisotopic (exact) mass is 425 g/mol. The number of benzene rings is 2. The molecule has 0 spiro atoms. The molecule has 0 bridgehead atoms. The van der Waals surface area contributed by atoms with Crippen molar-refractivity contribution in [3.05, 3.63) is 82.1 Å². The molecule has 0 unspecified atom stereocenters. The van der Waals surface area contributed by atoms with Crippen molar-refractivity contribution in [3.8, 4) is 0 Å². The molecule has 0 radical (unpaired) electrons. The van der Waals surface area contributed by atoms with E-state index in [1.54, 1.807) is 23.2 Å². The molecular weight excluding hydrogens is 406 g/mol. The van der Waals surface area contributed by atoms with Crippen molar-refractivity contribution in [3.63, 3.8) is 0 Å². The number of rotatable bonds is 6. The molecule has 138 valence electrons. The molecule has 0 saturated carbocycles. The Balaban J connectivity index is 1.56. The van der Waals surface area contributed by atoms with Crippen LogP contribution in [0.1, 0.15) is 21.6 Å². The van der Waals surface area contributed by atoms with Gasteiger partial charge in [0.25, 0.3) is 5.91 Å². The summed E-state index contributed by atoms with van der Waals surface area (Å²) >= 11 is 3.41. The molecule has 7 heteroatoms. The summed E-state index contributed by atoms with van der Waals surface area (Å²) in [5, 5.41) is 8.30. The number of aromatic nitrogens is 2. The molecule has 1 amide bonds. The topological polar surface area (TPSA) is 62.5 Å². The lowest BCUT2D eigenvalue weighted by atomic mass is 10.2. The van der Waals surface area contributed by atoms with Gasteiger partial charge in [0.05, 0.1) is 12.8 Å². The van der Waals surface area contributed by atoms with Crippen LogP contribution in [0.5, 0.6) is 0 Å². The summed E-state index contributed by atoms with van der Waals surface area (Å²) in [6.45, 7) is 0.599. The highest BCUT2D eigenvalue weighted by Gasteiger charge is 2.08. The fourth-order valence-corrected chi connectivity index (χ4v) is 2.69. The molecular formula is C20H20BrN5O. The van der Waals surface area contributed by atoms with E-state index in [1.807, 2.05) is 67.5 Å². The zero-order valence-corrected chi connectivity index (χ0v) is 16.7. The number of carbonyl (C=O) groups is 1. The molecule has 1 N–H and O–H groups in total. The highest BCUT2D eigenvalue weighted by atomic mass is 79.9. The van der Waals surface area contributed by atoms with Gasteiger partial charge in [-0.05, 0) is 41.5 Å². The molecule has 1 heterocycles. The van der Waals surface area contributed by atoms with Crippen LogP contribution in [-0.2, 0) is 6.54 Å². The van der Waals surface area contributed by atoms with Crippen LogP contribution in [0.3, 0.4) is 0 Å². The Kier molecular flexibility index (Phi) is 6.03. The maximum atomic E-state index is 12.2. The average Bonchev–Trinajstić information content (AvgIpc) is 3.12. The lowest BCUT2D eigenvalue weighted by Crippen LogP contribution is -2.18. The first-order valence-electron chi connectivity index (χ1n) is 8.40. The molecule has 27 heavy (non-hydrogen) atoms. The van der Waals surface area contributed by atoms with E-state index in [9.17, 15) is 4.79 Å². The first kappa shape index (κ1) is 18.8. The largest absolute Gasteiger partial charge is 0.378 e. The second-order valence-electron chi connectivity index (χ2n) is 6.21. The predicted octanol–water partition coefficient (Wildman–Crippen LogP) is 3.52. The third-order valence-electron chi connectivity index (χ3n) is 3.92. The Morgan fingerprint density at radius 3 is 2.52 bits per heavy atom. The van der Waals surface area contributed by atoms with Crippen LogP contribution < -0.4 is 10.3 Å².